The van der Waals surface area contributed by atoms with Crippen LogP contribution >= 0.6 is 0 Å². The Labute approximate surface area is 175 Å². The third kappa shape index (κ3) is 4.03. The summed E-state index contributed by atoms with van der Waals surface area (Å²) in [4.78, 5) is 9.38. The van der Waals surface area contributed by atoms with Crippen LogP contribution < -0.4 is 0 Å². The van der Waals surface area contributed by atoms with Crippen LogP contribution in [-0.2, 0) is 0 Å². The highest BCUT2D eigenvalue weighted by molar-refractivity contribution is 5.82. The lowest BCUT2D eigenvalue weighted by Gasteiger charge is -2.00. The van der Waals surface area contributed by atoms with E-state index in [1.165, 1.54) is 0 Å². The van der Waals surface area contributed by atoms with E-state index in [9.17, 15) is 0 Å². The molecule has 5 rings (SSSR count). The standard InChI is InChI=1S/C28H20N2/c1-3-7-27-23(5-1)15-19-25(29-27)17-13-21-9-11-22(12-10-21)14-18-26-20-16-24-6-2-4-8-28(24)30-26/h1-20H/b17-13-,18-14+. The first-order valence-corrected chi connectivity index (χ1v) is 10.0. The fraction of sp³-hybridized carbons (Fsp3) is 0. The molecule has 0 fully saturated rings. The van der Waals surface area contributed by atoms with Gasteiger partial charge in [-0.3, -0.25) is 0 Å². The van der Waals surface area contributed by atoms with E-state index in [0.717, 1.165) is 44.3 Å². The van der Waals surface area contributed by atoms with Crippen molar-refractivity contribution in [3.63, 3.8) is 0 Å². The summed E-state index contributed by atoms with van der Waals surface area (Å²) >= 11 is 0. The maximum Gasteiger partial charge on any atom is 0.0709 e. The number of para-hydroxylation sites is 2. The summed E-state index contributed by atoms with van der Waals surface area (Å²) in [6.45, 7) is 0. The first-order chi connectivity index (χ1) is 14.8. The van der Waals surface area contributed by atoms with Gasteiger partial charge in [0.2, 0.25) is 0 Å². The van der Waals surface area contributed by atoms with Crippen LogP contribution in [0.15, 0.2) is 97.1 Å². The molecule has 2 nitrogen and oxygen atoms in total. The Hall–Kier alpha value is -4.04. The molecule has 0 unspecified atom stereocenters. The molecule has 0 saturated carbocycles. The largest absolute Gasteiger partial charge is 0.248 e. The number of nitrogens with zero attached hydrogens (tertiary/aromatic N) is 2. The van der Waals surface area contributed by atoms with Gasteiger partial charge in [-0.25, -0.2) is 9.97 Å². The summed E-state index contributed by atoms with van der Waals surface area (Å²) < 4.78 is 0. The minimum atomic E-state index is 0.958. The summed E-state index contributed by atoms with van der Waals surface area (Å²) in [6, 6.07) is 33.1. The van der Waals surface area contributed by atoms with Gasteiger partial charge in [0.05, 0.1) is 22.4 Å². The third-order valence-electron chi connectivity index (χ3n) is 5.07. The van der Waals surface area contributed by atoms with Crippen LogP contribution in [0.3, 0.4) is 0 Å². The number of benzene rings is 3. The number of rotatable bonds is 4. The molecule has 30 heavy (non-hydrogen) atoms. The van der Waals surface area contributed by atoms with Gasteiger partial charge in [-0.2, -0.15) is 0 Å². The van der Waals surface area contributed by atoms with Crippen LogP contribution in [0.4, 0.5) is 0 Å². The van der Waals surface area contributed by atoms with Crippen molar-refractivity contribution in [3.8, 4) is 0 Å². The third-order valence-corrected chi connectivity index (χ3v) is 5.07. The zero-order valence-corrected chi connectivity index (χ0v) is 16.4. The van der Waals surface area contributed by atoms with E-state index < -0.39 is 0 Å². The number of aromatic nitrogens is 2. The highest BCUT2D eigenvalue weighted by Gasteiger charge is 1.96. The Morgan fingerprint density at radius 3 is 1.30 bits per heavy atom. The first kappa shape index (κ1) is 18.0. The van der Waals surface area contributed by atoms with Crippen molar-refractivity contribution in [2.45, 2.75) is 0 Å². The van der Waals surface area contributed by atoms with Gasteiger partial charge in [-0.1, -0.05) is 84.9 Å². The monoisotopic (exact) mass is 384 g/mol. The summed E-state index contributed by atoms with van der Waals surface area (Å²) in [5, 5.41) is 2.32. The molecule has 2 aromatic heterocycles. The Kier molecular flexibility index (Phi) is 4.89. The fourth-order valence-electron chi connectivity index (χ4n) is 3.43. The summed E-state index contributed by atoms with van der Waals surface area (Å²) in [5.74, 6) is 0. The molecule has 0 aliphatic rings. The molecule has 0 radical (unpaired) electrons. The van der Waals surface area contributed by atoms with Crippen LogP contribution in [0.1, 0.15) is 22.5 Å². The van der Waals surface area contributed by atoms with E-state index in [2.05, 4.69) is 82.8 Å². The van der Waals surface area contributed by atoms with Crippen LogP contribution in [0.5, 0.6) is 0 Å². The van der Waals surface area contributed by atoms with Crippen LogP contribution in [-0.4, -0.2) is 9.97 Å². The average molecular weight is 384 g/mol. The summed E-state index contributed by atoms with van der Waals surface area (Å²) in [7, 11) is 0. The van der Waals surface area contributed by atoms with Gasteiger partial charge in [0.25, 0.3) is 0 Å². The van der Waals surface area contributed by atoms with Gasteiger partial charge in [0.1, 0.15) is 0 Å². The molecule has 2 heteroatoms. The first-order valence-electron chi connectivity index (χ1n) is 10.0. The van der Waals surface area contributed by atoms with E-state index >= 15 is 0 Å². The number of hydrogen-bond acceptors (Lipinski definition) is 2. The molecule has 0 aliphatic carbocycles. The highest BCUT2D eigenvalue weighted by atomic mass is 14.7. The topological polar surface area (TPSA) is 25.8 Å². The van der Waals surface area contributed by atoms with Gasteiger partial charge in [-0.05, 0) is 47.5 Å². The Morgan fingerprint density at radius 2 is 0.833 bits per heavy atom. The average Bonchev–Trinajstić information content (AvgIpc) is 2.82. The minimum absolute atomic E-state index is 0.958. The van der Waals surface area contributed by atoms with E-state index in [1.54, 1.807) is 0 Å². The summed E-state index contributed by atoms with van der Waals surface area (Å²) in [6.07, 6.45) is 8.29. The zero-order chi connectivity index (χ0) is 20.2. The van der Waals surface area contributed by atoms with Gasteiger partial charge >= 0.3 is 0 Å². The van der Waals surface area contributed by atoms with Crippen LogP contribution in [0, 0.1) is 0 Å². The number of hydrogen-bond donors (Lipinski definition) is 0. The van der Waals surface area contributed by atoms with E-state index in [-0.39, 0.29) is 0 Å². The molecule has 0 amide bonds. The van der Waals surface area contributed by atoms with Gasteiger partial charge < -0.3 is 0 Å². The van der Waals surface area contributed by atoms with Crippen LogP contribution in [0.2, 0.25) is 0 Å². The Bertz CT molecular complexity index is 1270. The lowest BCUT2D eigenvalue weighted by molar-refractivity contribution is 1.37. The highest BCUT2D eigenvalue weighted by Crippen LogP contribution is 2.16. The molecule has 3 aromatic carbocycles. The van der Waals surface area contributed by atoms with Crippen molar-refractivity contribution < 1.29 is 0 Å². The van der Waals surface area contributed by atoms with E-state index in [4.69, 9.17) is 0 Å². The second kappa shape index (κ2) is 8.14. The SMILES string of the molecule is C(=C/c1ccc2ccccc2n1)/c1ccc(/C=C/c2ccc3ccccc3n2)cc1. The van der Waals surface area contributed by atoms with Crippen molar-refractivity contribution in [1.82, 2.24) is 9.97 Å². The van der Waals surface area contributed by atoms with Gasteiger partial charge in [0, 0.05) is 10.8 Å². The maximum atomic E-state index is 4.69. The second-order valence-electron chi connectivity index (χ2n) is 7.19. The molecule has 0 aliphatic heterocycles. The minimum Gasteiger partial charge on any atom is -0.248 e. The number of pyridine rings is 2. The quantitative estimate of drug-likeness (QED) is 0.329. The molecule has 2 heterocycles. The zero-order valence-electron chi connectivity index (χ0n) is 16.4. The van der Waals surface area contributed by atoms with Crippen LogP contribution in [0.25, 0.3) is 46.1 Å². The van der Waals surface area contributed by atoms with Crippen molar-refractivity contribution in [2.24, 2.45) is 0 Å². The molecule has 0 bridgehead atoms. The molecule has 0 atom stereocenters. The normalized spacial score (nSPS) is 11.7. The molecule has 5 aromatic rings. The van der Waals surface area contributed by atoms with Crippen molar-refractivity contribution in [2.75, 3.05) is 0 Å². The van der Waals surface area contributed by atoms with Gasteiger partial charge in [-0.15, -0.1) is 0 Å². The van der Waals surface area contributed by atoms with E-state index in [1.807, 2.05) is 48.5 Å². The van der Waals surface area contributed by atoms with Crippen molar-refractivity contribution in [1.29, 1.82) is 0 Å². The van der Waals surface area contributed by atoms with Crippen molar-refractivity contribution in [3.05, 3.63) is 120 Å². The van der Waals surface area contributed by atoms with Gasteiger partial charge in [0.15, 0.2) is 0 Å². The maximum absolute atomic E-state index is 4.69. The Morgan fingerprint density at radius 1 is 0.400 bits per heavy atom. The lowest BCUT2D eigenvalue weighted by Crippen LogP contribution is -1.83. The predicted molar refractivity (Wildman–Crippen MR) is 128 cm³/mol. The lowest BCUT2D eigenvalue weighted by atomic mass is 10.1. The smallest absolute Gasteiger partial charge is 0.0709 e. The summed E-state index contributed by atoms with van der Waals surface area (Å²) in [5.41, 5.74) is 6.24. The molecule has 0 spiro atoms. The van der Waals surface area contributed by atoms with E-state index in [0.29, 0.717) is 0 Å². The predicted octanol–water partition coefficient (Wildman–Crippen LogP) is 7.12. The molecule has 142 valence electrons. The molecular weight excluding hydrogens is 364 g/mol. The van der Waals surface area contributed by atoms with Crippen molar-refractivity contribution >= 4 is 46.1 Å². The number of fused-ring (bicyclic) bond motifs is 2. The second-order valence-corrected chi connectivity index (χ2v) is 7.19. The molecule has 0 N–H and O–H groups in total. The molecule has 0 saturated heterocycles. The molecular formula is C28H20N2. The Balaban J connectivity index is 1.30. The fourth-order valence-corrected chi connectivity index (χ4v) is 3.43.